The first kappa shape index (κ1) is 14.0. The first-order chi connectivity index (χ1) is 9.15. The first-order valence-corrected chi connectivity index (χ1v) is 8.72. The second-order valence-electron chi connectivity index (χ2n) is 4.55. The lowest BCUT2D eigenvalue weighted by Crippen LogP contribution is -1.97. The van der Waals surface area contributed by atoms with Gasteiger partial charge in [-0.25, -0.2) is 0 Å². The van der Waals surface area contributed by atoms with Crippen molar-refractivity contribution in [3.63, 3.8) is 0 Å². The fourth-order valence-electron chi connectivity index (χ4n) is 2.24. The van der Waals surface area contributed by atoms with Crippen molar-refractivity contribution in [3.05, 3.63) is 66.7 Å². The van der Waals surface area contributed by atoms with E-state index in [-0.39, 0.29) is 4.83 Å². The summed E-state index contributed by atoms with van der Waals surface area (Å²) >= 11 is 9.74. The maximum atomic E-state index is 5.47. The summed E-state index contributed by atoms with van der Waals surface area (Å²) in [5.74, 6) is 0. The van der Waals surface area contributed by atoms with Crippen molar-refractivity contribution in [2.24, 2.45) is 0 Å². The van der Waals surface area contributed by atoms with Gasteiger partial charge in [0, 0.05) is 8.04 Å². The molecule has 98 valence electrons. The van der Waals surface area contributed by atoms with Crippen LogP contribution in [0.15, 0.2) is 40.9 Å². The molecule has 1 aliphatic rings. The van der Waals surface area contributed by atoms with E-state index in [0.29, 0.717) is 0 Å². The van der Waals surface area contributed by atoms with Crippen LogP contribution in [0.2, 0.25) is 0 Å². The summed E-state index contributed by atoms with van der Waals surface area (Å²) in [6, 6.07) is 13.0. The summed E-state index contributed by atoms with van der Waals surface area (Å²) in [6.07, 6.45) is 0. The zero-order valence-corrected chi connectivity index (χ0v) is 15.3. The molecule has 4 heteroatoms. The largest absolute Gasteiger partial charge is 0.372 e. The van der Waals surface area contributed by atoms with Crippen molar-refractivity contribution in [2.75, 3.05) is 0 Å². The number of ether oxygens (including phenoxy) is 1. The van der Waals surface area contributed by atoms with Crippen molar-refractivity contribution in [3.8, 4) is 0 Å². The highest BCUT2D eigenvalue weighted by atomic mass is 127. The molecule has 3 rings (SSSR count). The van der Waals surface area contributed by atoms with Gasteiger partial charge >= 0.3 is 0 Å². The van der Waals surface area contributed by atoms with E-state index in [2.05, 4.69) is 90.8 Å². The van der Waals surface area contributed by atoms with Gasteiger partial charge in [-0.15, -0.1) is 0 Å². The van der Waals surface area contributed by atoms with Gasteiger partial charge in [0.25, 0.3) is 0 Å². The smallest absolute Gasteiger partial charge is 0.0725 e. The molecule has 1 atom stereocenters. The Hall–Kier alpha value is 0.0900. The molecule has 0 bridgehead atoms. The van der Waals surface area contributed by atoms with Crippen LogP contribution < -0.4 is 0 Å². The Morgan fingerprint density at radius 3 is 2.68 bits per heavy atom. The van der Waals surface area contributed by atoms with E-state index in [4.69, 9.17) is 4.74 Å². The Bertz CT molecular complexity index is 628. The summed E-state index contributed by atoms with van der Waals surface area (Å²) in [4.78, 5) is 0.211. The molecule has 2 aromatic rings. The van der Waals surface area contributed by atoms with Gasteiger partial charge in [0.1, 0.15) is 0 Å². The Kier molecular flexibility index (Phi) is 4.31. The molecule has 1 heterocycles. The van der Waals surface area contributed by atoms with Crippen molar-refractivity contribution < 1.29 is 4.74 Å². The molecule has 2 aromatic carbocycles. The number of hydrogen-bond donors (Lipinski definition) is 0. The molecule has 1 unspecified atom stereocenters. The predicted octanol–water partition coefficient (Wildman–Crippen LogP) is 5.57. The normalized spacial score (nSPS) is 15.3. The number of rotatable bonds is 2. The SMILES string of the molecule is Brc1ccc(I)c(C(Br)c2ccc3c(c2)COC3)c1. The van der Waals surface area contributed by atoms with Crippen molar-refractivity contribution >= 4 is 54.5 Å². The van der Waals surface area contributed by atoms with Gasteiger partial charge < -0.3 is 4.74 Å². The molecule has 1 nitrogen and oxygen atoms in total. The molecular weight excluding hydrogens is 483 g/mol. The topological polar surface area (TPSA) is 9.23 Å². The monoisotopic (exact) mass is 492 g/mol. The van der Waals surface area contributed by atoms with Crippen molar-refractivity contribution in [1.82, 2.24) is 0 Å². The van der Waals surface area contributed by atoms with Crippen LogP contribution in [0.3, 0.4) is 0 Å². The van der Waals surface area contributed by atoms with Crippen LogP contribution in [0.25, 0.3) is 0 Å². The fourth-order valence-corrected chi connectivity index (χ4v) is 4.36. The lowest BCUT2D eigenvalue weighted by atomic mass is 10.0. The second kappa shape index (κ2) is 5.84. The maximum Gasteiger partial charge on any atom is 0.0725 e. The van der Waals surface area contributed by atoms with Crippen molar-refractivity contribution in [1.29, 1.82) is 0 Å². The lowest BCUT2D eigenvalue weighted by Gasteiger charge is -2.14. The Balaban J connectivity index is 1.99. The van der Waals surface area contributed by atoms with Crippen LogP contribution in [-0.2, 0) is 18.0 Å². The van der Waals surface area contributed by atoms with Gasteiger partial charge in [-0.2, -0.15) is 0 Å². The van der Waals surface area contributed by atoms with Gasteiger partial charge in [-0.3, -0.25) is 0 Å². The van der Waals surface area contributed by atoms with Crippen LogP contribution in [-0.4, -0.2) is 0 Å². The Morgan fingerprint density at radius 1 is 1.05 bits per heavy atom. The average molecular weight is 494 g/mol. The van der Waals surface area contributed by atoms with E-state index in [1.807, 2.05) is 0 Å². The summed E-state index contributed by atoms with van der Waals surface area (Å²) in [7, 11) is 0. The van der Waals surface area contributed by atoms with E-state index < -0.39 is 0 Å². The standard InChI is InChI=1S/C15H11Br2IO/c16-12-3-4-14(18)13(6-12)15(17)9-1-2-10-7-19-8-11(10)5-9/h1-6,15H,7-8H2. The zero-order valence-electron chi connectivity index (χ0n) is 10.00. The Labute approximate surface area is 143 Å². The third-order valence-corrected chi connectivity index (χ3v) is 5.77. The molecule has 0 amide bonds. The van der Waals surface area contributed by atoms with Crippen LogP contribution in [0.5, 0.6) is 0 Å². The minimum absolute atomic E-state index is 0.211. The minimum atomic E-state index is 0.211. The van der Waals surface area contributed by atoms with E-state index in [1.54, 1.807) is 0 Å². The third kappa shape index (κ3) is 2.91. The molecule has 0 radical (unpaired) electrons. The molecule has 0 saturated heterocycles. The van der Waals surface area contributed by atoms with Gasteiger partial charge in [-0.05, 0) is 63.0 Å². The molecule has 0 fully saturated rings. The van der Waals surface area contributed by atoms with Gasteiger partial charge in [0.2, 0.25) is 0 Å². The molecule has 19 heavy (non-hydrogen) atoms. The number of fused-ring (bicyclic) bond motifs is 1. The summed E-state index contributed by atoms with van der Waals surface area (Å²) < 4.78 is 7.85. The van der Waals surface area contributed by atoms with Gasteiger partial charge in [-0.1, -0.05) is 50.1 Å². The molecule has 0 saturated carbocycles. The molecule has 0 N–H and O–H groups in total. The van der Waals surface area contributed by atoms with E-state index in [0.717, 1.165) is 17.7 Å². The lowest BCUT2D eigenvalue weighted by molar-refractivity contribution is 0.134. The highest BCUT2D eigenvalue weighted by molar-refractivity contribution is 14.1. The molecule has 0 spiro atoms. The fraction of sp³-hybridized carbons (Fsp3) is 0.200. The third-order valence-electron chi connectivity index (χ3n) is 3.27. The van der Waals surface area contributed by atoms with Crippen LogP contribution >= 0.6 is 54.5 Å². The van der Waals surface area contributed by atoms with E-state index >= 15 is 0 Å². The second-order valence-corrected chi connectivity index (χ2v) is 7.54. The minimum Gasteiger partial charge on any atom is -0.372 e. The van der Waals surface area contributed by atoms with Crippen LogP contribution in [0.1, 0.15) is 27.1 Å². The number of hydrogen-bond acceptors (Lipinski definition) is 1. The zero-order chi connectivity index (χ0) is 13.4. The highest BCUT2D eigenvalue weighted by Crippen LogP contribution is 2.36. The molecule has 1 aliphatic heterocycles. The predicted molar refractivity (Wildman–Crippen MR) is 92.6 cm³/mol. The molecular formula is C15H11Br2IO. The van der Waals surface area contributed by atoms with E-state index in [1.165, 1.54) is 25.8 Å². The summed E-state index contributed by atoms with van der Waals surface area (Å²) in [6.45, 7) is 1.48. The van der Waals surface area contributed by atoms with Crippen LogP contribution in [0, 0.1) is 3.57 Å². The first-order valence-electron chi connectivity index (χ1n) is 5.93. The van der Waals surface area contributed by atoms with Crippen LogP contribution in [0.4, 0.5) is 0 Å². The number of benzene rings is 2. The molecule has 0 aromatic heterocycles. The van der Waals surface area contributed by atoms with Gasteiger partial charge in [0.15, 0.2) is 0 Å². The van der Waals surface area contributed by atoms with E-state index in [9.17, 15) is 0 Å². The summed E-state index contributed by atoms with van der Waals surface area (Å²) in [5.41, 5.74) is 5.19. The average Bonchev–Trinajstić information content (AvgIpc) is 2.88. The number of alkyl halides is 1. The number of halogens is 3. The molecule has 0 aliphatic carbocycles. The van der Waals surface area contributed by atoms with Gasteiger partial charge in [0.05, 0.1) is 18.0 Å². The maximum absolute atomic E-state index is 5.47. The Morgan fingerprint density at radius 2 is 1.84 bits per heavy atom. The van der Waals surface area contributed by atoms with Crippen molar-refractivity contribution in [2.45, 2.75) is 18.0 Å². The highest BCUT2D eigenvalue weighted by Gasteiger charge is 2.17. The quantitative estimate of drug-likeness (QED) is 0.393. The summed E-state index contributed by atoms with van der Waals surface area (Å²) in [5, 5.41) is 0.